The largest absolute Gasteiger partial charge is 0.490 e. The number of rotatable bonds is 8. The van der Waals surface area contributed by atoms with Crippen LogP contribution >= 0.6 is 0 Å². The fourth-order valence-corrected chi connectivity index (χ4v) is 6.31. The number of sulfonamides is 1. The lowest BCUT2D eigenvalue weighted by Crippen LogP contribution is -2.40. The van der Waals surface area contributed by atoms with Gasteiger partial charge in [0, 0.05) is 18.4 Å². The number of nitrogens with zero attached hydrogens (tertiary/aromatic N) is 1. The van der Waals surface area contributed by atoms with E-state index in [4.69, 9.17) is 9.47 Å². The van der Waals surface area contributed by atoms with Crippen LogP contribution in [-0.4, -0.2) is 31.3 Å². The Bertz CT molecular complexity index is 1210. The van der Waals surface area contributed by atoms with Gasteiger partial charge >= 0.3 is 0 Å². The maximum absolute atomic E-state index is 12.5. The van der Waals surface area contributed by atoms with Crippen molar-refractivity contribution in [1.82, 2.24) is 9.71 Å². The summed E-state index contributed by atoms with van der Waals surface area (Å²) in [7, 11) is -3.32. The molecule has 184 valence electrons. The van der Waals surface area contributed by atoms with Crippen molar-refractivity contribution in [1.29, 1.82) is 0 Å². The van der Waals surface area contributed by atoms with Crippen LogP contribution in [0, 0.1) is 0 Å². The molecule has 2 aromatic carbocycles. The third kappa shape index (κ3) is 6.41. The van der Waals surface area contributed by atoms with Gasteiger partial charge in [0.05, 0.1) is 11.9 Å². The molecule has 0 radical (unpaired) electrons. The van der Waals surface area contributed by atoms with Gasteiger partial charge in [-0.2, -0.15) is 0 Å². The van der Waals surface area contributed by atoms with Gasteiger partial charge in [0.2, 0.25) is 10.0 Å². The number of hydrogen-bond donors (Lipinski definition) is 1. The monoisotopic (exact) mass is 492 g/mol. The van der Waals surface area contributed by atoms with Gasteiger partial charge in [-0.25, -0.2) is 13.1 Å². The first kappa shape index (κ1) is 23.8. The van der Waals surface area contributed by atoms with E-state index in [9.17, 15) is 8.42 Å². The molecular weight excluding hydrogens is 460 g/mol. The second kappa shape index (κ2) is 10.8. The van der Waals surface area contributed by atoms with Gasteiger partial charge < -0.3 is 9.47 Å². The summed E-state index contributed by atoms with van der Waals surface area (Å²) in [4.78, 5) is 3.97. The summed E-state index contributed by atoms with van der Waals surface area (Å²) in [6.45, 7) is 0. The van der Waals surface area contributed by atoms with Crippen LogP contribution in [0.3, 0.4) is 0 Å². The van der Waals surface area contributed by atoms with Crippen LogP contribution < -0.4 is 14.2 Å². The SMILES string of the molecule is O=S(=O)(CCc1ccncc1)NC1CCC(Oc2ccc3c(c2)CC[C@@H](c2ccccc2)O3)CC1. The third-order valence-electron chi connectivity index (χ3n) is 6.88. The van der Waals surface area contributed by atoms with E-state index in [1.807, 2.05) is 42.5 Å². The van der Waals surface area contributed by atoms with Gasteiger partial charge in [0.15, 0.2) is 0 Å². The van der Waals surface area contributed by atoms with Gasteiger partial charge in [-0.15, -0.1) is 0 Å². The molecule has 1 aliphatic heterocycles. The number of fused-ring (bicyclic) bond motifs is 1. The van der Waals surface area contributed by atoms with Crippen molar-refractivity contribution in [2.75, 3.05) is 5.75 Å². The molecule has 2 heterocycles. The molecular formula is C28H32N2O4S. The average molecular weight is 493 g/mol. The van der Waals surface area contributed by atoms with Gasteiger partial charge in [-0.05, 0) is 92.0 Å². The number of aromatic nitrogens is 1. The molecule has 35 heavy (non-hydrogen) atoms. The first-order valence-corrected chi connectivity index (χ1v) is 14.1. The number of nitrogens with one attached hydrogen (secondary N) is 1. The number of hydrogen-bond acceptors (Lipinski definition) is 5. The molecule has 3 aromatic rings. The summed E-state index contributed by atoms with van der Waals surface area (Å²) in [5, 5.41) is 0. The maximum atomic E-state index is 12.5. The van der Waals surface area contributed by atoms with E-state index in [0.29, 0.717) is 6.42 Å². The minimum atomic E-state index is -3.32. The second-order valence-electron chi connectivity index (χ2n) is 9.46. The van der Waals surface area contributed by atoms with Gasteiger partial charge in [0.1, 0.15) is 17.6 Å². The Morgan fingerprint density at radius 1 is 0.943 bits per heavy atom. The maximum Gasteiger partial charge on any atom is 0.212 e. The van der Waals surface area contributed by atoms with Crippen molar-refractivity contribution in [2.24, 2.45) is 0 Å². The van der Waals surface area contributed by atoms with Gasteiger partial charge in [-0.3, -0.25) is 4.98 Å². The first-order valence-electron chi connectivity index (χ1n) is 12.4. The molecule has 1 atom stereocenters. The molecule has 0 bridgehead atoms. The zero-order valence-corrected chi connectivity index (χ0v) is 20.6. The first-order chi connectivity index (χ1) is 17.0. The zero-order valence-electron chi connectivity index (χ0n) is 19.8. The predicted molar refractivity (Wildman–Crippen MR) is 136 cm³/mol. The molecule has 1 N–H and O–H groups in total. The molecule has 0 spiro atoms. The molecule has 1 saturated carbocycles. The molecule has 5 rings (SSSR count). The van der Waals surface area contributed by atoms with Crippen molar-refractivity contribution in [2.45, 2.75) is 63.2 Å². The Morgan fingerprint density at radius 3 is 2.49 bits per heavy atom. The Hall–Kier alpha value is -2.90. The summed E-state index contributed by atoms with van der Waals surface area (Å²) in [6.07, 6.45) is 9.21. The minimum Gasteiger partial charge on any atom is -0.490 e. The highest BCUT2D eigenvalue weighted by atomic mass is 32.2. The summed E-state index contributed by atoms with van der Waals surface area (Å²) in [6, 6.07) is 20.1. The highest BCUT2D eigenvalue weighted by Crippen LogP contribution is 2.37. The standard InChI is InChI=1S/C28H32N2O4S/c31-35(32,19-16-21-14-17-29-18-15-21)30-24-7-9-25(10-8-24)33-26-11-13-28-23(20-26)6-12-27(34-28)22-4-2-1-3-5-22/h1-5,11,13-15,17-18,20,24-25,27,30H,6-10,12,16,19H2/t24?,25?,27-/m0/s1. The summed E-state index contributed by atoms with van der Waals surface area (Å²) < 4.78 is 40.5. The van der Waals surface area contributed by atoms with Crippen molar-refractivity contribution in [3.63, 3.8) is 0 Å². The predicted octanol–water partition coefficient (Wildman–Crippen LogP) is 5.00. The molecule has 1 fully saturated rings. The molecule has 1 aromatic heterocycles. The van der Waals surface area contributed by atoms with E-state index in [2.05, 4.69) is 27.9 Å². The smallest absolute Gasteiger partial charge is 0.212 e. The van der Waals surface area contributed by atoms with Gasteiger partial charge in [-0.1, -0.05) is 30.3 Å². The average Bonchev–Trinajstić information content (AvgIpc) is 2.89. The van der Waals surface area contributed by atoms with E-state index in [-0.39, 0.29) is 24.0 Å². The van der Waals surface area contributed by atoms with Crippen molar-refractivity contribution in [3.05, 3.63) is 89.7 Å². The Balaban J connectivity index is 1.09. The minimum absolute atomic E-state index is 0.0239. The Labute approximate surface area is 207 Å². The van der Waals surface area contributed by atoms with E-state index >= 15 is 0 Å². The normalized spacial score (nSPS) is 22.1. The lowest BCUT2D eigenvalue weighted by Gasteiger charge is -2.30. The fraction of sp³-hybridized carbons (Fsp3) is 0.393. The number of aryl methyl sites for hydroxylation is 2. The number of benzene rings is 2. The lowest BCUT2D eigenvalue weighted by atomic mass is 9.93. The van der Waals surface area contributed by atoms with E-state index in [1.165, 1.54) is 11.1 Å². The molecule has 0 saturated heterocycles. The number of pyridine rings is 1. The third-order valence-corrected chi connectivity index (χ3v) is 8.31. The molecule has 6 nitrogen and oxygen atoms in total. The topological polar surface area (TPSA) is 77.5 Å². The van der Waals surface area contributed by atoms with Crippen molar-refractivity contribution < 1.29 is 17.9 Å². The van der Waals surface area contributed by atoms with E-state index in [0.717, 1.165) is 55.6 Å². The van der Waals surface area contributed by atoms with Crippen LogP contribution in [0.5, 0.6) is 11.5 Å². The Kier molecular flexibility index (Phi) is 7.35. The molecule has 7 heteroatoms. The fourth-order valence-electron chi connectivity index (χ4n) is 4.95. The molecule has 0 unspecified atom stereocenters. The van der Waals surface area contributed by atoms with Crippen LogP contribution in [-0.2, 0) is 22.9 Å². The van der Waals surface area contributed by atoms with E-state index in [1.54, 1.807) is 12.4 Å². The Morgan fingerprint density at radius 2 is 1.71 bits per heavy atom. The van der Waals surface area contributed by atoms with Gasteiger partial charge in [0.25, 0.3) is 0 Å². The van der Waals surface area contributed by atoms with Crippen molar-refractivity contribution in [3.8, 4) is 11.5 Å². The second-order valence-corrected chi connectivity index (χ2v) is 11.3. The summed E-state index contributed by atoms with van der Waals surface area (Å²) in [5.74, 6) is 1.89. The highest BCUT2D eigenvalue weighted by molar-refractivity contribution is 7.89. The summed E-state index contributed by atoms with van der Waals surface area (Å²) in [5.41, 5.74) is 3.38. The lowest BCUT2D eigenvalue weighted by molar-refractivity contribution is 0.142. The molecule has 2 aliphatic rings. The van der Waals surface area contributed by atoms with Crippen LogP contribution in [0.2, 0.25) is 0 Å². The zero-order chi connectivity index (χ0) is 24.1. The van der Waals surface area contributed by atoms with Crippen LogP contribution in [0.1, 0.15) is 54.9 Å². The van der Waals surface area contributed by atoms with Crippen LogP contribution in [0.15, 0.2) is 73.1 Å². The summed E-state index contributed by atoms with van der Waals surface area (Å²) >= 11 is 0. The molecule has 0 amide bonds. The van der Waals surface area contributed by atoms with Crippen LogP contribution in [0.25, 0.3) is 0 Å². The van der Waals surface area contributed by atoms with Crippen LogP contribution in [0.4, 0.5) is 0 Å². The number of ether oxygens (including phenoxy) is 2. The highest BCUT2D eigenvalue weighted by Gasteiger charge is 2.27. The quantitative estimate of drug-likeness (QED) is 0.479. The van der Waals surface area contributed by atoms with Crippen molar-refractivity contribution >= 4 is 10.0 Å². The van der Waals surface area contributed by atoms with E-state index < -0.39 is 10.0 Å². The molecule has 1 aliphatic carbocycles.